The smallest absolute Gasteiger partial charge is 0.0535 e. The Balaban J connectivity index is 1.65. The Labute approximate surface area is 177 Å². The number of nitrogens with one attached hydrogen (secondary N) is 1. The molecule has 1 heterocycles. The van der Waals surface area contributed by atoms with Gasteiger partial charge in [-0.05, 0) is 28.0 Å². The SMILES string of the molecule is c1ccc(-c2cccc3c2-c2ccccc2NP3c2cccc3ccccc23)cc1. The molecule has 0 saturated carbocycles. The van der Waals surface area contributed by atoms with Crippen molar-refractivity contribution in [3.8, 4) is 22.3 Å². The summed E-state index contributed by atoms with van der Waals surface area (Å²) >= 11 is 0. The molecule has 0 fully saturated rings. The van der Waals surface area contributed by atoms with E-state index >= 15 is 0 Å². The fraction of sp³-hybridized carbons (Fsp3) is 0. The summed E-state index contributed by atoms with van der Waals surface area (Å²) in [4.78, 5) is 0. The molecule has 1 aliphatic rings. The summed E-state index contributed by atoms with van der Waals surface area (Å²) in [6, 6.07) is 41.6. The van der Waals surface area contributed by atoms with Crippen LogP contribution in [0.3, 0.4) is 0 Å². The van der Waals surface area contributed by atoms with Crippen molar-refractivity contribution in [3.05, 3.63) is 115 Å². The zero-order valence-electron chi connectivity index (χ0n) is 16.4. The molecule has 5 aromatic rings. The van der Waals surface area contributed by atoms with Gasteiger partial charge in [0.05, 0.1) is 8.07 Å². The molecule has 1 atom stereocenters. The summed E-state index contributed by atoms with van der Waals surface area (Å²) in [7, 11) is -0.726. The number of para-hydroxylation sites is 1. The van der Waals surface area contributed by atoms with Gasteiger partial charge in [-0.25, -0.2) is 0 Å². The molecule has 0 saturated heterocycles. The first-order chi connectivity index (χ1) is 14.9. The Morgan fingerprint density at radius 1 is 0.500 bits per heavy atom. The van der Waals surface area contributed by atoms with Crippen LogP contribution in [-0.2, 0) is 0 Å². The van der Waals surface area contributed by atoms with Gasteiger partial charge in [0, 0.05) is 27.4 Å². The minimum absolute atomic E-state index is 0.726. The highest BCUT2D eigenvalue weighted by Crippen LogP contribution is 2.49. The predicted octanol–water partition coefficient (Wildman–Crippen LogP) is 6.95. The quantitative estimate of drug-likeness (QED) is 0.316. The van der Waals surface area contributed by atoms with E-state index in [1.54, 1.807) is 0 Å². The number of anilines is 1. The van der Waals surface area contributed by atoms with Crippen LogP contribution in [0.25, 0.3) is 33.0 Å². The van der Waals surface area contributed by atoms with Gasteiger partial charge in [0.25, 0.3) is 0 Å². The summed E-state index contributed by atoms with van der Waals surface area (Å²) in [5.41, 5.74) is 6.42. The maximum absolute atomic E-state index is 3.91. The van der Waals surface area contributed by atoms with Crippen LogP contribution in [0.1, 0.15) is 0 Å². The van der Waals surface area contributed by atoms with E-state index in [-0.39, 0.29) is 0 Å². The largest absolute Gasteiger partial charge is 0.356 e. The lowest BCUT2D eigenvalue weighted by Gasteiger charge is -2.32. The van der Waals surface area contributed by atoms with Gasteiger partial charge in [-0.1, -0.05) is 109 Å². The number of hydrogen-bond acceptors (Lipinski definition) is 1. The van der Waals surface area contributed by atoms with E-state index in [2.05, 4.69) is 120 Å². The molecular formula is C28H20NP. The molecule has 30 heavy (non-hydrogen) atoms. The standard InChI is InChI=1S/C28H20NP/c1-2-10-21(11-3-1)23-16-9-19-27-28(23)24-15-6-7-17-25(24)29-30(27)26-18-8-13-20-12-4-5-14-22(20)26/h1-19,29H. The third kappa shape index (κ3) is 2.75. The molecule has 5 aromatic carbocycles. The normalized spacial score (nSPS) is 14.6. The van der Waals surface area contributed by atoms with Gasteiger partial charge in [0.1, 0.15) is 0 Å². The highest BCUT2D eigenvalue weighted by atomic mass is 31.1. The van der Waals surface area contributed by atoms with Gasteiger partial charge in [-0.15, -0.1) is 0 Å². The molecule has 1 aliphatic heterocycles. The van der Waals surface area contributed by atoms with E-state index in [0.29, 0.717) is 0 Å². The Hall–Kier alpha value is -3.41. The molecule has 0 bridgehead atoms. The second kappa shape index (κ2) is 7.13. The minimum Gasteiger partial charge on any atom is -0.356 e. The molecule has 0 radical (unpaired) electrons. The van der Waals surface area contributed by atoms with Gasteiger partial charge in [-0.2, -0.15) is 0 Å². The van der Waals surface area contributed by atoms with Crippen molar-refractivity contribution in [1.82, 2.24) is 0 Å². The zero-order valence-corrected chi connectivity index (χ0v) is 17.3. The average molecular weight is 401 g/mol. The van der Waals surface area contributed by atoms with Crippen LogP contribution in [0.5, 0.6) is 0 Å². The Bertz CT molecular complexity index is 1370. The van der Waals surface area contributed by atoms with Crippen LogP contribution in [0.2, 0.25) is 0 Å². The van der Waals surface area contributed by atoms with Crippen molar-refractivity contribution in [3.63, 3.8) is 0 Å². The lowest BCUT2D eigenvalue weighted by Crippen LogP contribution is -2.24. The average Bonchev–Trinajstić information content (AvgIpc) is 2.83. The van der Waals surface area contributed by atoms with Crippen LogP contribution in [0.15, 0.2) is 115 Å². The molecule has 0 aromatic heterocycles. The molecule has 2 heteroatoms. The second-order valence-corrected chi connectivity index (χ2v) is 9.41. The molecule has 0 amide bonds. The number of rotatable bonds is 2. The van der Waals surface area contributed by atoms with Crippen LogP contribution in [0.4, 0.5) is 5.69 Å². The van der Waals surface area contributed by atoms with Crippen molar-refractivity contribution < 1.29 is 0 Å². The van der Waals surface area contributed by atoms with E-state index < -0.39 is 8.07 Å². The molecule has 1 N–H and O–H groups in total. The molecule has 0 spiro atoms. The summed E-state index contributed by atoms with van der Waals surface area (Å²) in [5, 5.41) is 9.29. The number of fused-ring (bicyclic) bond motifs is 4. The monoisotopic (exact) mass is 401 g/mol. The maximum atomic E-state index is 3.91. The van der Waals surface area contributed by atoms with Crippen LogP contribution >= 0.6 is 8.07 Å². The van der Waals surface area contributed by atoms with Crippen molar-refractivity contribution in [1.29, 1.82) is 0 Å². The Morgan fingerprint density at radius 2 is 1.17 bits per heavy atom. The van der Waals surface area contributed by atoms with Crippen LogP contribution in [0, 0.1) is 0 Å². The van der Waals surface area contributed by atoms with Gasteiger partial charge in [-0.3, -0.25) is 0 Å². The predicted molar refractivity (Wildman–Crippen MR) is 131 cm³/mol. The first kappa shape index (κ1) is 17.4. The first-order valence-electron chi connectivity index (χ1n) is 10.2. The maximum Gasteiger partial charge on any atom is 0.0535 e. The summed E-state index contributed by atoms with van der Waals surface area (Å²) < 4.78 is 0. The summed E-state index contributed by atoms with van der Waals surface area (Å²) in [6.45, 7) is 0. The Morgan fingerprint density at radius 3 is 2.10 bits per heavy atom. The number of benzene rings is 5. The summed E-state index contributed by atoms with van der Waals surface area (Å²) in [6.07, 6.45) is 0. The van der Waals surface area contributed by atoms with Gasteiger partial charge in [0.15, 0.2) is 0 Å². The van der Waals surface area contributed by atoms with Crippen molar-refractivity contribution in [2.75, 3.05) is 5.09 Å². The second-order valence-electron chi connectivity index (χ2n) is 7.56. The molecule has 142 valence electrons. The molecule has 1 nitrogen and oxygen atoms in total. The third-order valence-electron chi connectivity index (χ3n) is 5.80. The highest BCUT2D eigenvalue weighted by molar-refractivity contribution is 7.75. The molecular weight excluding hydrogens is 381 g/mol. The molecule has 6 rings (SSSR count). The first-order valence-corrected chi connectivity index (χ1v) is 11.6. The lowest BCUT2D eigenvalue weighted by atomic mass is 9.93. The molecule has 0 aliphatic carbocycles. The Kier molecular flexibility index (Phi) is 4.15. The van der Waals surface area contributed by atoms with Crippen LogP contribution in [-0.4, -0.2) is 0 Å². The van der Waals surface area contributed by atoms with Gasteiger partial charge < -0.3 is 5.09 Å². The van der Waals surface area contributed by atoms with Gasteiger partial charge in [0.2, 0.25) is 0 Å². The highest BCUT2D eigenvalue weighted by Gasteiger charge is 2.28. The van der Waals surface area contributed by atoms with Crippen LogP contribution < -0.4 is 15.7 Å². The van der Waals surface area contributed by atoms with E-state index in [0.717, 1.165) is 0 Å². The van der Waals surface area contributed by atoms with Crippen molar-refractivity contribution in [2.24, 2.45) is 0 Å². The fourth-order valence-electron chi connectivity index (χ4n) is 4.44. The zero-order chi connectivity index (χ0) is 19.9. The van der Waals surface area contributed by atoms with E-state index in [1.165, 1.54) is 49.3 Å². The van der Waals surface area contributed by atoms with Gasteiger partial charge >= 0.3 is 0 Å². The van der Waals surface area contributed by atoms with Crippen molar-refractivity contribution in [2.45, 2.75) is 0 Å². The minimum atomic E-state index is -0.726. The van der Waals surface area contributed by atoms with E-state index in [9.17, 15) is 0 Å². The topological polar surface area (TPSA) is 12.0 Å². The lowest BCUT2D eigenvalue weighted by molar-refractivity contribution is 1.58. The fourth-order valence-corrected chi connectivity index (χ4v) is 6.76. The van der Waals surface area contributed by atoms with E-state index in [1.807, 2.05) is 0 Å². The number of hydrogen-bond donors (Lipinski definition) is 1. The third-order valence-corrected chi connectivity index (χ3v) is 8.00. The summed E-state index contributed by atoms with van der Waals surface area (Å²) in [5.74, 6) is 0. The molecule has 1 unspecified atom stereocenters. The van der Waals surface area contributed by atoms with Crippen molar-refractivity contribution >= 4 is 35.1 Å². The van der Waals surface area contributed by atoms with E-state index in [4.69, 9.17) is 0 Å².